The molecule has 1 aliphatic heterocycles. The SMILES string of the molecule is CN1CCC(CNCc2nccn2C)CC1. The second-order valence-electron chi connectivity index (χ2n) is 4.83. The number of hydrogen-bond donors (Lipinski definition) is 1. The first kappa shape index (κ1) is 11.6. The maximum atomic E-state index is 4.30. The molecule has 1 fully saturated rings. The molecule has 1 N–H and O–H groups in total. The van der Waals surface area contributed by atoms with E-state index in [1.807, 2.05) is 19.4 Å². The summed E-state index contributed by atoms with van der Waals surface area (Å²) in [6, 6.07) is 0. The summed E-state index contributed by atoms with van der Waals surface area (Å²) >= 11 is 0. The fourth-order valence-corrected chi connectivity index (χ4v) is 2.22. The molecular weight excluding hydrogens is 200 g/mol. The van der Waals surface area contributed by atoms with E-state index in [-0.39, 0.29) is 0 Å². The minimum absolute atomic E-state index is 0.844. The van der Waals surface area contributed by atoms with Gasteiger partial charge in [0.25, 0.3) is 0 Å². The Morgan fingerprint density at radius 3 is 2.75 bits per heavy atom. The van der Waals surface area contributed by atoms with Gasteiger partial charge >= 0.3 is 0 Å². The van der Waals surface area contributed by atoms with Crippen LogP contribution in [-0.2, 0) is 13.6 Å². The monoisotopic (exact) mass is 222 g/mol. The molecule has 1 aromatic heterocycles. The van der Waals surface area contributed by atoms with Crippen LogP contribution in [0.3, 0.4) is 0 Å². The van der Waals surface area contributed by atoms with Crippen molar-refractivity contribution in [3.63, 3.8) is 0 Å². The zero-order valence-corrected chi connectivity index (χ0v) is 10.3. The Balaban J connectivity index is 1.67. The van der Waals surface area contributed by atoms with E-state index in [9.17, 15) is 0 Å². The zero-order valence-electron chi connectivity index (χ0n) is 10.3. The highest BCUT2D eigenvalue weighted by atomic mass is 15.1. The van der Waals surface area contributed by atoms with Crippen molar-refractivity contribution in [1.82, 2.24) is 19.8 Å². The largest absolute Gasteiger partial charge is 0.337 e. The number of rotatable bonds is 4. The topological polar surface area (TPSA) is 33.1 Å². The van der Waals surface area contributed by atoms with E-state index < -0.39 is 0 Å². The molecule has 2 heterocycles. The number of likely N-dealkylation sites (tertiary alicyclic amines) is 1. The van der Waals surface area contributed by atoms with Crippen molar-refractivity contribution in [2.45, 2.75) is 19.4 Å². The number of imidazole rings is 1. The van der Waals surface area contributed by atoms with E-state index in [0.29, 0.717) is 0 Å². The quantitative estimate of drug-likeness (QED) is 0.820. The molecule has 0 aromatic carbocycles. The number of aromatic nitrogens is 2. The molecule has 0 atom stereocenters. The van der Waals surface area contributed by atoms with Gasteiger partial charge in [0.05, 0.1) is 6.54 Å². The summed E-state index contributed by atoms with van der Waals surface area (Å²) < 4.78 is 2.07. The second kappa shape index (κ2) is 5.46. The molecule has 0 unspecified atom stereocenters. The highest BCUT2D eigenvalue weighted by molar-refractivity contribution is 4.90. The number of aryl methyl sites for hydroxylation is 1. The minimum atomic E-state index is 0.844. The van der Waals surface area contributed by atoms with Gasteiger partial charge in [-0.3, -0.25) is 0 Å². The smallest absolute Gasteiger partial charge is 0.122 e. The molecule has 90 valence electrons. The van der Waals surface area contributed by atoms with E-state index in [4.69, 9.17) is 0 Å². The highest BCUT2D eigenvalue weighted by Crippen LogP contribution is 2.14. The number of piperidine rings is 1. The first-order valence-corrected chi connectivity index (χ1v) is 6.11. The lowest BCUT2D eigenvalue weighted by Crippen LogP contribution is -2.35. The summed E-state index contributed by atoms with van der Waals surface area (Å²) in [6.45, 7) is 4.50. The van der Waals surface area contributed by atoms with Crippen LogP contribution in [0, 0.1) is 5.92 Å². The molecular formula is C12H22N4. The lowest BCUT2D eigenvalue weighted by molar-refractivity contribution is 0.215. The van der Waals surface area contributed by atoms with Crippen molar-refractivity contribution >= 4 is 0 Å². The van der Waals surface area contributed by atoms with Gasteiger partial charge in [0.2, 0.25) is 0 Å². The third-order valence-corrected chi connectivity index (χ3v) is 3.48. The molecule has 1 aliphatic rings. The molecule has 16 heavy (non-hydrogen) atoms. The second-order valence-corrected chi connectivity index (χ2v) is 4.83. The van der Waals surface area contributed by atoms with E-state index in [0.717, 1.165) is 24.8 Å². The Kier molecular flexibility index (Phi) is 3.96. The Labute approximate surface area is 97.7 Å². The lowest BCUT2D eigenvalue weighted by Gasteiger charge is -2.28. The summed E-state index contributed by atoms with van der Waals surface area (Å²) in [5, 5.41) is 3.51. The average Bonchev–Trinajstić information content (AvgIpc) is 2.68. The molecule has 0 radical (unpaired) electrons. The summed E-state index contributed by atoms with van der Waals surface area (Å²) in [4.78, 5) is 6.71. The van der Waals surface area contributed by atoms with Crippen LogP contribution < -0.4 is 5.32 Å². The molecule has 4 heteroatoms. The van der Waals surface area contributed by atoms with Gasteiger partial charge in [-0.2, -0.15) is 0 Å². The molecule has 0 aliphatic carbocycles. The van der Waals surface area contributed by atoms with Crippen LogP contribution >= 0.6 is 0 Å². The Morgan fingerprint density at radius 2 is 2.12 bits per heavy atom. The van der Waals surface area contributed by atoms with Crippen LogP contribution in [0.2, 0.25) is 0 Å². The van der Waals surface area contributed by atoms with Crippen LogP contribution in [0.4, 0.5) is 0 Å². The minimum Gasteiger partial charge on any atom is -0.337 e. The third-order valence-electron chi connectivity index (χ3n) is 3.48. The zero-order chi connectivity index (χ0) is 11.4. The lowest BCUT2D eigenvalue weighted by atomic mass is 9.97. The van der Waals surface area contributed by atoms with E-state index >= 15 is 0 Å². The predicted octanol–water partition coefficient (Wildman–Crippen LogP) is 0.851. The number of hydrogen-bond acceptors (Lipinski definition) is 3. The molecule has 4 nitrogen and oxygen atoms in total. The van der Waals surface area contributed by atoms with Crippen molar-refractivity contribution in [1.29, 1.82) is 0 Å². The van der Waals surface area contributed by atoms with E-state index in [1.54, 1.807) is 0 Å². The molecule has 0 spiro atoms. The average molecular weight is 222 g/mol. The third kappa shape index (κ3) is 3.06. The Morgan fingerprint density at radius 1 is 1.38 bits per heavy atom. The Hall–Kier alpha value is -0.870. The number of nitrogens with one attached hydrogen (secondary N) is 1. The maximum Gasteiger partial charge on any atom is 0.122 e. The van der Waals surface area contributed by atoms with Crippen molar-refractivity contribution in [2.24, 2.45) is 13.0 Å². The summed E-state index contributed by atoms with van der Waals surface area (Å²) in [5.41, 5.74) is 0. The standard InChI is InChI=1S/C12H22N4/c1-15-6-3-11(4-7-15)9-13-10-12-14-5-8-16(12)2/h5,8,11,13H,3-4,6-7,9-10H2,1-2H3. The first-order chi connectivity index (χ1) is 7.75. The van der Waals surface area contributed by atoms with Crippen molar-refractivity contribution in [3.8, 4) is 0 Å². The molecule has 1 saturated heterocycles. The van der Waals surface area contributed by atoms with Crippen LogP contribution in [0.1, 0.15) is 18.7 Å². The van der Waals surface area contributed by atoms with Crippen molar-refractivity contribution in [2.75, 3.05) is 26.7 Å². The van der Waals surface area contributed by atoms with Crippen LogP contribution in [0.5, 0.6) is 0 Å². The molecule has 0 saturated carbocycles. The van der Waals surface area contributed by atoms with Gasteiger partial charge in [-0.05, 0) is 45.4 Å². The summed E-state index contributed by atoms with van der Waals surface area (Å²) in [6.07, 6.45) is 6.49. The van der Waals surface area contributed by atoms with Crippen LogP contribution in [0.15, 0.2) is 12.4 Å². The van der Waals surface area contributed by atoms with Crippen LogP contribution in [-0.4, -0.2) is 41.1 Å². The van der Waals surface area contributed by atoms with Gasteiger partial charge in [0, 0.05) is 19.4 Å². The van der Waals surface area contributed by atoms with Crippen molar-refractivity contribution in [3.05, 3.63) is 18.2 Å². The molecule has 0 bridgehead atoms. The highest BCUT2D eigenvalue weighted by Gasteiger charge is 2.15. The molecule has 0 amide bonds. The predicted molar refractivity (Wildman–Crippen MR) is 65.1 cm³/mol. The number of nitrogens with zero attached hydrogens (tertiary/aromatic N) is 3. The van der Waals surface area contributed by atoms with Gasteiger partial charge in [-0.25, -0.2) is 4.98 Å². The van der Waals surface area contributed by atoms with Gasteiger partial charge in [0.1, 0.15) is 5.82 Å². The van der Waals surface area contributed by atoms with Gasteiger partial charge in [-0.15, -0.1) is 0 Å². The fourth-order valence-electron chi connectivity index (χ4n) is 2.22. The van der Waals surface area contributed by atoms with E-state index in [2.05, 4.69) is 26.8 Å². The molecule has 1 aromatic rings. The van der Waals surface area contributed by atoms with Gasteiger partial charge < -0.3 is 14.8 Å². The van der Waals surface area contributed by atoms with E-state index in [1.165, 1.54) is 25.9 Å². The summed E-state index contributed by atoms with van der Waals surface area (Å²) in [7, 11) is 4.25. The van der Waals surface area contributed by atoms with Crippen LogP contribution in [0.25, 0.3) is 0 Å². The van der Waals surface area contributed by atoms with Crippen molar-refractivity contribution < 1.29 is 0 Å². The summed E-state index contributed by atoms with van der Waals surface area (Å²) in [5.74, 6) is 1.96. The fraction of sp³-hybridized carbons (Fsp3) is 0.750. The maximum absolute atomic E-state index is 4.30. The Bertz CT molecular complexity index is 313. The van der Waals surface area contributed by atoms with Gasteiger partial charge in [0.15, 0.2) is 0 Å². The first-order valence-electron chi connectivity index (χ1n) is 6.11. The van der Waals surface area contributed by atoms with Gasteiger partial charge in [-0.1, -0.05) is 0 Å². The molecule has 2 rings (SSSR count). The normalized spacial score (nSPS) is 19.1.